The zero-order valence-corrected chi connectivity index (χ0v) is 24.3. The van der Waals surface area contributed by atoms with Crippen LogP contribution in [0.2, 0.25) is 0 Å². The Bertz CT molecular complexity index is 2730. The van der Waals surface area contributed by atoms with E-state index in [0.717, 1.165) is 37.9 Å². The molecule has 0 aliphatic rings. The lowest BCUT2D eigenvalue weighted by Crippen LogP contribution is -2.03. The van der Waals surface area contributed by atoms with Crippen LogP contribution in [-0.2, 0) is 0 Å². The van der Waals surface area contributed by atoms with E-state index in [1.165, 1.54) is 46.4 Å². The Labute approximate surface area is 253 Å². The fraction of sp³-hybridized carbons (Fsp3) is 0. The molecule has 0 aliphatic carbocycles. The Morgan fingerprint density at radius 2 is 1.21 bits per heavy atom. The van der Waals surface area contributed by atoms with Crippen LogP contribution < -0.4 is 0 Å². The van der Waals surface area contributed by atoms with Crippen LogP contribution in [0.3, 0.4) is 0 Å². The molecule has 6 heteroatoms. The number of aromatic nitrogens is 4. The molecular weight excluding hydrogens is 565 g/mol. The molecule has 4 nitrogen and oxygen atoms in total. The number of fused-ring (bicyclic) bond motifs is 13. The SMILES string of the molecule is c1cncc(-c2nc(-n3c4ccccc4c4c5sc6ccccc6c5c5ccccc5c43)nc3c2sc2ccccc23)c1. The normalized spacial score (nSPS) is 12.2. The minimum Gasteiger partial charge on any atom is -0.277 e. The molecule has 10 aromatic rings. The highest BCUT2D eigenvalue weighted by molar-refractivity contribution is 7.27. The summed E-state index contributed by atoms with van der Waals surface area (Å²) in [7, 11) is 0. The van der Waals surface area contributed by atoms with Gasteiger partial charge in [-0.15, -0.1) is 22.7 Å². The quantitative estimate of drug-likeness (QED) is 0.203. The van der Waals surface area contributed by atoms with Crippen molar-refractivity contribution in [2.24, 2.45) is 0 Å². The van der Waals surface area contributed by atoms with E-state index in [9.17, 15) is 0 Å². The largest absolute Gasteiger partial charge is 0.277 e. The van der Waals surface area contributed by atoms with Crippen molar-refractivity contribution in [3.8, 4) is 17.2 Å². The number of para-hydroxylation sites is 1. The van der Waals surface area contributed by atoms with Gasteiger partial charge in [-0.05, 0) is 35.7 Å². The fourth-order valence-electron chi connectivity index (χ4n) is 6.71. The van der Waals surface area contributed by atoms with Gasteiger partial charge in [-0.3, -0.25) is 9.55 Å². The molecular formula is C37H20N4S2. The maximum atomic E-state index is 5.37. The Kier molecular flexibility index (Phi) is 4.72. The lowest BCUT2D eigenvalue weighted by Gasteiger charge is -2.11. The van der Waals surface area contributed by atoms with Gasteiger partial charge in [0.05, 0.1) is 26.9 Å². The molecule has 0 saturated heterocycles. The van der Waals surface area contributed by atoms with Gasteiger partial charge in [0.1, 0.15) is 0 Å². The van der Waals surface area contributed by atoms with Crippen molar-refractivity contribution in [3.63, 3.8) is 0 Å². The van der Waals surface area contributed by atoms with E-state index in [0.29, 0.717) is 5.95 Å². The van der Waals surface area contributed by atoms with Crippen LogP contribution in [0.15, 0.2) is 122 Å². The van der Waals surface area contributed by atoms with Gasteiger partial charge < -0.3 is 0 Å². The van der Waals surface area contributed by atoms with E-state index in [1.54, 1.807) is 11.3 Å². The highest BCUT2D eigenvalue weighted by Crippen LogP contribution is 2.48. The highest BCUT2D eigenvalue weighted by atomic mass is 32.1. The van der Waals surface area contributed by atoms with Crippen molar-refractivity contribution in [2.75, 3.05) is 0 Å². The number of hydrogen-bond donors (Lipinski definition) is 0. The first-order valence-electron chi connectivity index (χ1n) is 14.2. The molecule has 0 unspecified atom stereocenters. The number of thiophene rings is 2. The first kappa shape index (κ1) is 23.4. The Balaban J connectivity index is 1.45. The van der Waals surface area contributed by atoms with Gasteiger partial charge in [0.15, 0.2) is 0 Å². The maximum Gasteiger partial charge on any atom is 0.235 e. The van der Waals surface area contributed by atoms with Crippen LogP contribution in [0, 0.1) is 0 Å². The molecule has 10 rings (SSSR count). The van der Waals surface area contributed by atoms with Gasteiger partial charge in [-0.1, -0.05) is 78.9 Å². The predicted molar refractivity (Wildman–Crippen MR) is 183 cm³/mol. The zero-order chi connectivity index (χ0) is 28.1. The van der Waals surface area contributed by atoms with Crippen LogP contribution in [0.25, 0.3) is 90.3 Å². The van der Waals surface area contributed by atoms with Gasteiger partial charge in [-0.25, -0.2) is 9.97 Å². The van der Waals surface area contributed by atoms with Gasteiger partial charge in [0, 0.05) is 64.4 Å². The van der Waals surface area contributed by atoms with E-state index >= 15 is 0 Å². The molecule has 0 atom stereocenters. The number of hydrogen-bond acceptors (Lipinski definition) is 5. The van der Waals surface area contributed by atoms with E-state index < -0.39 is 0 Å². The molecule has 0 amide bonds. The summed E-state index contributed by atoms with van der Waals surface area (Å²) in [5.41, 5.74) is 5.12. The summed E-state index contributed by atoms with van der Waals surface area (Å²) in [5.74, 6) is 0.673. The van der Waals surface area contributed by atoms with E-state index in [2.05, 4.69) is 113 Å². The van der Waals surface area contributed by atoms with Gasteiger partial charge in [0.2, 0.25) is 5.95 Å². The molecule has 200 valence electrons. The van der Waals surface area contributed by atoms with Crippen LogP contribution in [0.5, 0.6) is 0 Å². The minimum atomic E-state index is 0.673. The topological polar surface area (TPSA) is 43.6 Å². The molecule has 0 spiro atoms. The smallest absolute Gasteiger partial charge is 0.235 e. The second kappa shape index (κ2) is 8.67. The third kappa shape index (κ3) is 3.16. The zero-order valence-electron chi connectivity index (χ0n) is 22.7. The molecule has 5 aromatic heterocycles. The summed E-state index contributed by atoms with van der Waals surface area (Å²) in [6.07, 6.45) is 3.71. The first-order valence-corrected chi connectivity index (χ1v) is 15.8. The van der Waals surface area contributed by atoms with Crippen molar-refractivity contribution in [3.05, 3.63) is 122 Å². The third-order valence-electron chi connectivity index (χ3n) is 8.49. The van der Waals surface area contributed by atoms with Crippen molar-refractivity contribution >= 4 is 95.7 Å². The molecule has 5 aromatic carbocycles. The summed E-state index contributed by atoms with van der Waals surface area (Å²) in [4.78, 5) is 15.2. The summed E-state index contributed by atoms with van der Waals surface area (Å²) in [6.45, 7) is 0. The van der Waals surface area contributed by atoms with Gasteiger partial charge >= 0.3 is 0 Å². The highest BCUT2D eigenvalue weighted by Gasteiger charge is 2.24. The summed E-state index contributed by atoms with van der Waals surface area (Å²) < 4.78 is 7.18. The van der Waals surface area contributed by atoms with Crippen LogP contribution in [-0.4, -0.2) is 19.5 Å². The van der Waals surface area contributed by atoms with Crippen molar-refractivity contribution in [1.82, 2.24) is 19.5 Å². The van der Waals surface area contributed by atoms with Gasteiger partial charge in [0.25, 0.3) is 0 Å². The molecule has 0 fully saturated rings. The molecule has 5 heterocycles. The Morgan fingerprint density at radius 1 is 0.535 bits per heavy atom. The molecule has 0 radical (unpaired) electrons. The van der Waals surface area contributed by atoms with E-state index in [-0.39, 0.29) is 0 Å². The van der Waals surface area contributed by atoms with Crippen LogP contribution in [0.1, 0.15) is 0 Å². The fourth-order valence-corrected chi connectivity index (χ4v) is 9.14. The second-order valence-corrected chi connectivity index (χ2v) is 12.9. The van der Waals surface area contributed by atoms with Crippen molar-refractivity contribution in [1.29, 1.82) is 0 Å². The lowest BCUT2D eigenvalue weighted by molar-refractivity contribution is 1.02. The first-order chi connectivity index (χ1) is 21.3. The van der Waals surface area contributed by atoms with Crippen LogP contribution in [0.4, 0.5) is 0 Å². The number of pyridine rings is 1. The monoisotopic (exact) mass is 584 g/mol. The molecule has 0 N–H and O–H groups in total. The average Bonchev–Trinajstić information content (AvgIpc) is 3.75. The Morgan fingerprint density at radius 3 is 2.02 bits per heavy atom. The average molecular weight is 585 g/mol. The van der Waals surface area contributed by atoms with E-state index in [1.807, 2.05) is 29.8 Å². The number of nitrogens with zero attached hydrogens (tertiary/aromatic N) is 4. The standard InChI is InChI=1S/C37H20N4S2/c1-2-12-23-22(11-1)30-25-14-4-7-17-28(25)42-35(30)31-24-13-3-6-16-27(24)41(34(23)31)37-39-32(21-10-9-19-38-20-21)36-33(40-37)26-15-5-8-18-29(26)43-36/h1-20H. The molecule has 0 bridgehead atoms. The lowest BCUT2D eigenvalue weighted by atomic mass is 10.00. The Hall–Kier alpha value is -5.17. The summed E-state index contributed by atoms with van der Waals surface area (Å²) in [5, 5.41) is 8.69. The van der Waals surface area contributed by atoms with Crippen LogP contribution >= 0.6 is 22.7 Å². The van der Waals surface area contributed by atoms with Gasteiger partial charge in [-0.2, -0.15) is 0 Å². The predicted octanol–water partition coefficient (Wildman–Crippen LogP) is 10.5. The third-order valence-corrected chi connectivity index (χ3v) is 10.8. The van der Waals surface area contributed by atoms with Crippen molar-refractivity contribution < 1.29 is 0 Å². The van der Waals surface area contributed by atoms with Crippen molar-refractivity contribution in [2.45, 2.75) is 0 Å². The second-order valence-electron chi connectivity index (χ2n) is 10.8. The van der Waals surface area contributed by atoms with E-state index in [4.69, 9.17) is 9.97 Å². The molecule has 0 aliphatic heterocycles. The summed E-state index contributed by atoms with van der Waals surface area (Å²) >= 11 is 3.62. The molecule has 0 saturated carbocycles. The number of benzene rings is 5. The molecule has 43 heavy (non-hydrogen) atoms. The number of rotatable bonds is 2. The summed E-state index contributed by atoms with van der Waals surface area (Å²) in [6, 6.07) is 38.8. The minimum absolute atomic E-state index is 0.673. The maximum absolute atomic E-state index is 5.37.